The zero-order valence-corrected chi connectivity index (χ0v) is 7.13. The molecule has 0 saturated carbocycles. The Morgan fingerprint density at radius 2 is 2.08 bits per heavy atom. The first-order chi connectivity index (χ1) is 5.66. The van der Waals surface area contributed by atoms with Crippen molar-refractivity contribution in [3.8, 4) is 12.3 Å². The molecule has 0 radical (unpaired) electrons. The molecule has 0 aliphatic heterocycles. The van der Waals surface area contributed by atoms with E-state index in [1.54, 1.807) is 0 Å². The Morgan fingerprint density at radius 1 is 1.42 bits per heavy atom. The second-order valence-corrected chi connectivity index (χ2v) is 2.42. The lowest BCUT2D eigenvalue weighted by atomic mass is 10.2. The first kappa shape index (κ1) is 10.7. The topological polar surface area (TPSA) is 43.4 Å². The predicted octanol–water partition coefficient (Wildman–Crippen LogP) is 0.922. The minimum atomic E-state index is -0.339. The van der Waals surface area contributed by atoms with Gasteiger partial charge in [0.1, 0.15) is 5.78 Å². The lowest BCUT2D eigenvalue weighted by molar-refractivity contribution is -0.142. The van der Waals surface area contributed by atoms with Crippen molar-refractivity contribution in [3.05, 3.63) is 0 Å². The summed E-state index contributed by atoms with van der Waals surface area (Å²) in [4.78, 5) is 21.2. The van der Waals surface area contributed by atoms with Gasteiger partial charge >= 0.3 is 5.97 Å². The molecule has 0 atom stereocenters. The van der Waals surface area contributed by atoms with Crippen LogP contribution in [0.2, 0.25) is 0 Å². The summed E-state index contributed by atoms with van der Waals surface area (Å²) >= 11 is 0. The average Bonchev–Trinajstić information content (AvgIpc) is 2.00. The van der Waals surface area contributed by atoms with Crippen LogP contribution in [0.25, 0.3) is 0 Å². The molecule has 0 rings (SSSR count). The van der Waals surface area contributed by atoms with Crippen LogP contribution in [0.1, 0.15) is 26.2 Å². The Hall–Kier alpha value is -1.30. The Labute approximate surface area is 72.1 Å². The van der Waals surface area contributed by atoms with Crippen molar-refractivity contribution in [2.45, 2.75) is 26.2 Å². The number of esters is 1. The number of Topliss-reactive ketones (excluding diaryl/α,β-unsaturated/α-hetero) is 1. The summed E-state index contributed by atoms with van der Waals surface area (Å²) in [6.45, 7) is 1.51. The largest absolute Gasteiger partial charge is 0.452 e. The first-order valence-corrected chi connectivity index (χ1v) is 3.75. The molecule has 3 heteroatoms. The molecule has 0 aromatic heterocycles. The highest BCUT2D eigenvalue weighted by molar-refractivity contribution is 5.76. The van der Waals surface area contributed by atoms with Crippen LogP contribution in [0.5, 0.6) is 0 Å². The van der Waals surface area contributed by atoms with Crippen molar-refractivity contribution < 1.29 is 14.3 Å². The lowest BCUT2D eigenvalue weighted by Crippen LogP contribution is -2.05. The maximum atomic E-state index is 10.8. The number of carbonyl (C=O) groups is 2. The van der Waals surface area contributed by atoms with Crippen LogP contribution in [0.15, 0.2) is 0 Å². The lowest BCUT2D eigenvalue weighted by Gasteiger charge is -1.98. The fraction of sp³-hybridized carbons (Fsp3) is 0.556. The number of ether oxygens (including phenoxy) is 1. The minimum Gasteiger partial charge on any atom is -0.452 e. The van der Waals surface area contributed by atoms with E-state index in [4.69, 9.17) is 6.42 Å². The van der Waals surface area contributed by atoms with Gasteiger partial charge in [0.05, 0.1) is 0 Å². The molecule has 0 saturated heterocycles. The summed E-state index contributed by atoms with van der Waals surface area (Å²) in [6.07, 6.45) is 6.10. The van der Waals surface area contributed by atoms with E-state index in [1.165, 1.54) is 6.92 Å². The molecular formula is C9H12O3. The van der Waals surface area contributed by atoms with Crippen LogP contribution in [-0.2, 0) is 14.3 Å². The molecule has 0 fully saturated rings. The number of hydrogen-bond donors (Lipinski definition) is 0. The number of rotatable bonds is 5. The molecule has 0 bridgehead atoms. The van der Waals surface area contributed by atoms with Crippen molar-refractivity contribution in [3.63, 3.8) is 0 Å². The van der Waals surface area contributed by atoms with Crippen LogP contribution in [-0.4, -0.2) is 18.4 Å². The van der Waals surface area contributed by atoms with E-state index in [0.29, 0.717) is 12.8 Å². The van der Waals surface area contributed by atoms with Gasteiger partial charge in [0.25, 0.3) is 0 Å². The zero-order valence-electron chi connectivity index (χ0n) is 7.13. The van der Waals surface area contributed by atoms with Gasteiger partial charge in [-0.2, -0.15) is 0 Å². The molecule has 0 aromatic carbocycles. The molecule has 0 amide bonds. The Kier molecular flexibility index (Phi) is 5.72. The average molecular weight is 168 g/mol. The van der Waals surface area contributed by atoms with Crippen LogP contribution < -0.4 is 0 Å². The third-order valence-corrected chi connectivity index (χ3v) is 1.23. The summed E-state index contributed by atoms with van der Waals surface area (Å²) in [7, 11) is 0. The van der Waals surface area contributed by atoms with Gasteiger partial charge in [-0.3, -0.25) is 4.79 Å². The summed E-state index contributed by atoms with van der Waals surface area (Å²) in [6, 6.07) is 0. The third kappa shape index (κ3) is 6.81. The molecule has 0 heterocycles. The van der Waals surface area contributed by atoms with Crippen LogP contribution >= 0.6 is 0 Å². The van der Waals surface area contributed by atoms with E-state index < -0.39 is 0 Å². The zero-order chi connectivity index (χ0) is 9.40. The van der Waals surface area contributed by atoms with Crippen LogP contribution in [0.4, 0.5) is 0 Å². The number of hydrogen-bond acceptors (Lipinski definition) is 3. The van der Waals surface area contributed by atoms with Gasteiger partial charge in [0, 0.05) is 12.8 Å². The van der Waals surface area contributed by atoms with Crippen molar-refractivity contribution in [1.82, 2.24) is 0 Å². The highest BCUT2D eigenvalue weighted by Gasteiger charge is 2.02. The molecular weight excluding hydrogens is 156 g/mol. The molecule has 0 spiro atoms. The second kappa shape index (κ2) is 6.41. The first-order valence-electron chi connectivity index (χ1n) is 3.75. The van der Waals surface area contributed by atoms with E-state index in [-0.39, 0.29) is 24.8 Å². The number of ketones is 1. The van der Waals surface area contributed by atoms with Crippen LogP contribution in [0, 0.1) is 12.3 Å². The van der Waals surface area contributed by atoms with Gasteiger partial charge in [-0.25, -0.2) is 0 Å². The standard InChI is InChI=1S/C9H12O3/c1-3-7-12-9(11)6-4-5-8(2)10/h1H,4-7H2,2H3. The van der Waals surface area contributed by atoms with E-state index in [1.807, 2.05) is 0 Å². The van der Waals surface area contributed by atoms with E-state index in [9.17, 15) is 9.59 Å². The van der Waals surface area contributed by atoms with Gasteiger partial charge in [0.2, 0.25) is 0 Å². The van der Waals surface area contributed by atoms with E-state index >= 15 is 0 Å². The third-order valence-electron chi connectivity index (χ3n) is 1.23. The fourth-order valence-corrected chi connectivity index (χ4v) is 0.676. The number of terminal acetylenes is 1. The molecule has 0 aliphatic carbocycles. The normalized spacial score (nSPS) is 8.67. The Bertz CT molecular complexity index is 200. The molecule has 0 N–H and O–H groups in total. The monoisotopic (exact) mass is 168 g/mol. The summed E-state index contributed by atoms with van der Waals surface area (Å²) in [5.74, 6) is 1.93. The Morgan fingerprint density at radius 3 is 2.58 bits per heavy atom. The van der Waals surface area contributed by atoms with Gasteiger partial charge in [-0.1, -0.05) is 5.92 Å². The smallest absolute Gasteiger partial charge is 0.306 e. The molecule has 0 aliphatic rings. The highest BCUT2D eigenvalue weighted by Crippen LogP contribution is 1.97. The number of carbonyl (C=O) groups excluding carboxylic acids is 2. The van der Waals surface area contributed by atoms with Crippen LogP contribution in [0.3, 0.4) is 0 Å². The second-order valence-electron chi connectivity index (χ2n) is 2.42. The van der Waals surface area contributed by atoms with Gasteiger partial charge in [-0.05, 0) is 13.3 Å². The van der Waals surface area contributed by atoms with Gasteiger partial charge < -0.3 is 9.53 Å². The van der Waals surface area contributed by atoms with E-state index in [2.05, 4.69) is 10.7 Å². The molecule has 66 valence electrons. The highest BCUT2D eigenvalue weighted by atomic mass is 16.5. The van der Waals surface area contributed by atoms with Crippen molar-refractivity contribution in [1.29, 1.82) is 0 Å². The predicted molar refractivity (Wildman–Crippen MR) is 44.3 cm³/mol. The van der Waals surface area contributed by atoms with E-state index in [0.717, 1.165) is 0 Å². The summed E-state index contributed by atoms with van der Waals surface area (Å²) in [5.41, 5.74) is 0. The summed E-state index contributed by atoms with van der Waals surface area (Å²) < 4.78 is 4.59. The SMILES string of the molecule is C#CCOC(=O)CCCC(C)=O. The van der Waals surface area contributed by atoms with Crippen molar-refractivity contribution in [2.24, 2.45) is 0 Å². The molecule has 12 heavy (non-hydrogen) atoms. The fourth-order valence-electron chi connectivity index (χ4n) is 0.676. The maximum Gasteiger partial charge on any atom is 0.306 e. The molecule has 3 nitrogen and oxygen atoms in total. The summed E-state index contributed by atoms with van der Waals surface area (Å²) in [5, 5.41) is 0. The maximum absolute atomic E-state index is 10.8. The minimum absolute atomic E-state index is 0.0128. The van der Waals surface area contributed by atoms with Gasteiger partial charge in [-0.15, -0.1) is 6.42 Å². The molecule has 0 aromatic rings. The quantitative estimate of drug-likeness (QED) is 0.453. The Balaban J connectivity index is 3.33. The van der Waals surface area contributed by atoms with Gasteiger partial charge in [0.15, 0.2) is 6.61 Å². The molecule has 0 unspecified atom stereocenters. The van der Waals surface area contributed by atoms with Crippen molar-refractivity contribution >= 4 is 11.8 Å². The van der Waals surface area contributed by atoms with Crippen molar-refractivity contribution in [2.75, 3.05) is 6.61 Å².